The maximum Gasteiger partial charge on any atom is 0.255 e. The topological polar surface area (TPSA) is 40.5 Å². The van der Waals surface area contributed by atoms with E-state index in [1.807, 2.05) is 12.1 Å². The molecule has 5 rings (SSSR count). The van der Waals surface area contributed by atoms with Gasteiger partial charge in [0.25, 0.3) is 5.56 Å². The molecule has 0 amide bonds. The second-order valence-electron chi connectivity index (χ2n) is 8.83. The lowest BCUT2D eigenvalue weighted by molar-refractivity contribution is 0.121. The standard InChI is InChI=1S/C23H29FN4O.2ClH/c24-21-4-1-17(2-5-21)14-26-7-9-27(10-8-26)16-19-3-6-22-20-11-18(12-25-13-20)15-28(22)23(19)29;;/h1-6,18,20,25H,7-16H2;2*1H/t18-,20+;;/m0../s1. The SMILES string of the molecule is Cl.Cl.O=c1c(CN2CCN(Cc3ccc(F)cc3)CC2)ccc2n1C[C@@H]1CNC[C@H]2C1. The number of pyridine rings is 1. The van der Waals surface area contributed by atoms with Gasteiger partial charge in [-0.25, -0.2) is 4.39 Å². The zero-order valence-corrected chi connectivity index (χ0v) is 19.3. The molecule has 31 heavy (non-hydrogen) atoms. The molecule has 3 aliphatic heterocycles. The Bertz CT molecular complexity index is 928. The molecule has 0 unspecified atom stereocenters. The van der Waals surface area contributed by atoms with Crippen molar-refractivity contribution in [2.24, 2.45) is 5.92 Å². The van der Waals surface area contributed by atoms with Gasteiger partial charge in [0, 0.05) is 69.5 Å². The number of hydrogen-bond acceptors (Lipinski definition) is 4. The molecule has 2 atom stereocenters. The summed E-state index contributed by atoms with van der Waals surface area (Å²) < 4.78 is 15.1. The number of benzene rings is 1. The average Bonchev–Trinajstić information content (AvgIpc) is 2.74. The summed E-state index contributed by atoms with van der Waals surface area (Å²) in [5.41, 5.74) is 3.50. The number of fused-ring (bicyclic) bond motifs is 4. The van der Waals surface area contributed by atoms with E-state index in [2.05, 4.69) is 31.8 Å². The largest absolute Gasteiger partial charge is 0.316 e. The van der Waals surface area contributed by atoms with Gasteiger partial charge in [-0.3, -0.25) is 14.6 Å². The van der Waals surface area contributed by atoms with E-state index in [0.717, 1.165) is 70.0 Å². The predicted octanol–water partition coefficient (Wildman–Crippen LogP) is 2.86. The number of piperazine rings is 1. The fraction of sp³-hybridized carbons (Fsp3) is 0.522. The lowest BCUT2D eigenvalue weighted by Crippen LogP contribution is -2.47. The van der Waals surface area contributed by atoms with Crippen molar-refractivity contribution >= 4 is 24.8 Å². The van der Waals surface area contributed by atoms with Crippen molar-refractivity contribution in [2.45, 2.75) is 32.0 Å². The molecule has 0 aliphatic carbocycles. The van der Waals surface area contributed by atoms with Crippen molar-refractivity contribution in [1.29, 1.82) is 0 Å². The summed E-state index contributed by atoms with van der Waals surface area (Å²) in [5.74, 6) is 0.887. The maximum absolute atomic E-state index is 13.1. The first-order valence-electron chi connectivity index (χ1n) is 10.8. The van der Waals surface area contributed by atoms with E-state index in [9.17, 15) is 9.18 Å². The Kier molecular flexibility index (Phi) is 8.16. The molecule has 1 aromatic heterocycles. The molecule has 4 heterocycles. The van der Waals surface area contributed by atoms with Crippen LogP contribution in [0.5, 0.6) is 0 Å². The quantitative estimate of drug-likeness (QED) is 0.748. The Morgan fingerprint density at radius 1 is 0.903 bits per heavy atom. The second-order valence-corrected chi connectivity index (χ2v) is 8.83. The van der Waals surface area contributed by atoms with Gasteiger partial charge in [0.1, 0.15) is 5.82 Å². The van der Waals surface area contributed by atoms with E-state index in [4.69, 9.17) is 0 Å². The molecule has 8 heteroatoms. The first-order chi connectivity index (χ1) is 14.2. The first kappa shape index (κ1) is 24.2. The third-order valence-electron chi connectivity index (χ3n) is 6.77. The number of nitrogens with one attached hydrogen (secondary N) is 1. The Labute approximate surface area is 195 Å². The maximum atomic E-state index is 13.1. The van der Waals surface area contributed by atoms with E-state index in [1.165, 1.54) is 24.2 Å². The van der Waals surface area contributed by atoms with Crippen molar-refractivity contribution in [2.75, 3.05) is 39.3 Å². The molecule has 5 nitrogen and oxygen atoms in total. The predicted molar refractivity (Wildman–Crippen MR) is 126 cm³/mol. The smallest absolute Gasteiger partial charge is 0.255 e. The van der Waals surface area contributed by atoms with Crippen LogP contribution in [0.4, 0.5) is 4.39 Å². The fourth-order valence-corrected chi connectivity index (χ4v) is 5.15. The molecular formula is C23H31Cl2FN4O. The minimum atomic E-state index is -0.185. The van der Waals surface area contributed by atoms with Crippen LogP contribution in [0.15, 0.2) is 41.2 Å². The highest BCUT2D eigenvalue weighted by Crippen LogP contribution is 2.31. The van der Waals surface area contributed by atoms with Crippen molar-refractivity contribution in [3.05, 3.63) is 69.4 Å². The van der Waals surface area contributed by atoms with Gasteiger partial charge < -0.3 is 9.88 Å². The molecular weight excluding hydrogens is 438 g/mol. The highest BCUT2D eigenvalue weighted by molar-refractivity contribution is 5.85. The number of halogens is 3. The van der Waals surface area contributed by atoms with Gasteiger partial charge in [-0.15, -0.1) is 24.8 Å². The van der Waals surface area contributed by atoms with Crippen LogP contribution >= 0.6 is 24.8 Å². The molecule has 2 bridgehead atoms. The number of aromatic nitrogens is 1. The lowest BCUT2D eigenvalue weighted by Gasteiger charge is -2.38. The Morgan fingerprint density at radius 2 is 1.58 bits per heavy atom. The van der Waals surface area contributed by atoms with E-state index < -0.39 is 0 Å². The third kappa shape index (κ3) is 5.32. The zero-order valence-electron chi connectivity index (χ0n) is 17.6. The highest BCUT2D eigenvalue weighted by Gasteiger charge is 2.31. The summed E-state index contributed by atoms with van der Waals surface area (Å²) in [5, 5.41) is 3.50. The summed E-state index contributed by atoms with van der Waals surface area (Å²) in [4.78, 5) is 17.9. The van der Waals surface area contributed by atoms with Crippen LogP contribution in [0, 0.1) is 11.7 Å². The molecule has 0 spiro atoms. The summed E-state index contributed by atoms with van der Waals surface area (Å²) in [6.07, 6.45) is 1.21. The van der Waals surface area contributed by atoms with Crippen LogP contribution in [-0.2, 0) is 19.6 Å². The molecule has 2 aromatic rings. The summed E-state index contributed by atoms with van der Waals surface area (Å²) in [6, 6.07) is 11.0. The van der Waals surface area contributed by atoms with Crippen molar-refractivity contribution in [3.8, 4) is 0 Å². The minimum Gasteiger partial charge on any atom is -0.316 e. The monoisotopic (exact) mass is 468 g/mol. The van der Waals surface area contributed by atoms with Crippen LogP contribution in [0.1, 0.15) is 29.2 Å². The highest BCUT2D eigenvalue weighted by atomic mass is 35.5. The third-order valence-corrected chi connectivity index (χ3v) is 6.77. The zero-order chi connectivity index (χ0) is 19.8. The van der Waals surface area contributed by atoms with Crippen molar-refractivity contribution < 1.29 is 4.39 Å². The van der Waals surface area contributed by atoms with Gasteiger partial charge in [0.05, 0.1) is 0 Å². The molecule has 3 aliphatic rings. The van der Waals surface area contributed by atoms with Gasteiger partial charge in [0.15, 0.2) is 0 Å². The number of rotatable bonds is 4. The Balaban J connectivity index is 0.00000136. The van der Waals surface area contributed by atoms with Crippen molar-refractivity contribution in [3.63, 3.8) is 0 Å². The molecule has 1 N–H and O–H groups in total. The van der Waals surface area contributed by atoms with Gasteiger partial charge in [-0.05, 0) is 42.6 Å². The Morgan fingerprint density at radius 3 is 2.29 bits per heavy atom. The van der Waals surface area contributed by atoms with Crippen LogP contribution < -0.4 is 10.9 Å². The number of nitrogens with zero attached hydrogens (tertiary/aromatic N) is 3. The van der Waals surface area contributed by atoms with Gasteiger partial charge >= 0.3 is 0 Å². The molecule has 1 aromatic carbocycles. The van der Waals surface area contributed by atoms with Crippen LogP contribution in [0.25, 0.3) is 0 Å². The van der Waals surface area contributed by atoms with E-state index in [-0.39, 0.29) is 36.2 Å². The molecule has 2 fully saturated rings. The van der Waals surface area contributed by atoms with Crippen LogP contribution in [0.2, 0.25) is 0 Å². The second kappa shape index (κ2) is 10.5. The minimum absolute atomic E-state index is 0. The molecule has 170 valence electrons. The van der Waals surface area contributed by atoms with Crippen LogP contribution in [0.3, 0.4) is 0 Å². The summed E-state index contributed by atoms with van der Waals surface area (Å²) >= 11 is 0. The van der Waals surface area contributed by atoms with E-state index in [1.54, 1.807) is 0 Å². The first-order valence-corrected chi connectivity index (χ1v) is 10.8. The van der Waals surface area contributed by atoms with Crippen molar-refractivity contribution in [1.82, 2.24) is 19.7 Å². The summed E-state index contributed by atoms with van der Waals surface area (Å²) in [7, 11) is 0. The number of piperidine rings is 1. The van der Waals surface area contributed by atoms with E-state index in [0.29, 0.717) is 11.8 Å². The molecule has 2 saturated heterocycles. The molecule has 0 saturated carbocycles. The van der Waals surface area contributed by atoms with Gasteiger partial charge in [0.2, 0.25) is 0 Å². The fourth-order valence-electron chi connectivity index (χ4n) is 5.15. The van der Waals surface area contributed by atoms with Gasteiger partial charge in [-0.2, -0.15) is 0 Å². The number of hydrogen-bond donors (Lipinski definition) is 1. The van der Waals surface area contributed by atoms with E-state index >= 15 is 0 Å². The summed E-state index contributed by atoms with van der Waals surface area (Å²) in [6.45, 7) is 8.32. The van der Waals surface area contributed by atoms with Crippen LogP contribution in [-0.4, -0.2) is 53.6 Å². The normalized spacial score (nSPS) is 23.4. The lowest BCUT2D eigenvalue weighted by atomic mass is 9.84. The van der Waals surface area contributed by atoms with Gasteiger partial charge in [-0.1, -0.05) is 18.2 Å². The molecule has 0 radical (unpaired) electrons. The Hall–Kier alpha value is -1.44. The average molecular weight is 469 g/mol.